The standard InChI is InChI=1S/C18H30N4O/c1-9-22(10-2-16(1)14-21-11-8-20-15-21)17-3-12-23-18(13-17)4-6-19-7-5-18/h8,11,15-17,19H,1-7,9-10,12-14H2. The molecule has 5 heteroatoms. The van der Waals surface area contributed by atoms with Crippen LogP contribution in [0, 0.1) is 5.92 Å². The molecule has 0 amide bonds. The lowest BCUT2D eigenvalue weighted by atomic mass is 9.81. The molecular weight excluding hydrogens is 288 g/mol. The van der Waals surface area contributed by atoms with Crippen LogP contribution in [0.25, 0.3) is 0 Å². The van der Waals surface area contributed by atoms with E-state index in [1.54, 1.807) is 0 Å². The highest BCUT2D eigenvalue weighted by Gasteiger charge is 2.40. The lowest BCUT2D eigenvalue weighted by Crippen LogP contribution is -2.54. The monoisotopic (exact) mass is 318 g/mol. The van der Waals surface area contributed by atoms with Crippen LogP contribution in [0.15, 0.2) is 18.7 Å². The minimum atomic E-state index is 0.182. The van der Waals surface area contributed by atoms with Crippen molar-refractivity contribution < 1.29 is 4.74 Å². The predicted molar refractivity (Wildman–Crippen MR) is 90.3 cm³/mol. The van der Waals surface area contributed by atoms with Gasteiger partial charge in [-0.2, -0.15) is 0 Å². The number of aromatic nitrogens is 2. The van der Waals surface area contributed by atoms with E-state index in [1.807, 2.05) is 12.5 Å². The van der Waals surface area contributed by atoms with Gasteiger partial charge in [0.2, 0.25) is 0 Å². The first kappa shape index (κ1) is 15.6. The predicted octanol–water partition coefficient (Wildman–Crippen LogP) is 1.90. The molecule has 0 aliphatic carbocycles. The van der Waals surface area contributed by atoms with Crippen molar-refractivity contribution in [2.24, 2.45) is 5.92 Å². The third-order valence-electron chi connectivity index (χ3n) is 6.18. The molecule has 1 aromatic heterocycles. The second-order valence-corrected chi connectivity index (χ2v) is 7.67. The van der Waals surface area contributed by atoms with Crippen LogP contribution >= 0.6 is 0 Å². The summed E-state index contributed by atoms with van der Waals surface area (Å²) in [6.45, 7) is 6.87. The molecule has 0 saturated carbocycles. The molecule has 3 aliphatic rings. The zero-order valence-electron chi connectivity index (χ0n) is 14.1. The summed E-state index contributed by atoms with van der Waals surface area (Å²) < 4.78 is 8.48. The molecule has 4 heterocycles. The third kappa shape index (κ3) is 3.62. The van der Waals surface area contributed by atoms with Crippen molar-refractivity contribution in [2.75, 3.05) is 32.8 Å². The first-order valence-corrected chi connectivity index (χ1v) is 9.37. The van der Waals surface area contributed by atoms with Gasteiger partial charge in [-0.3, -0.25) is 0 Å². The van der Waals surface area contributed by atoms with Gasteiger partial charge in [-0.25, -0.2) is 4.98 Å². The lowest BCUT2D eigenvalue weighted by Gasteiger charge is -2.48. The Hall–Kier alpha value is -0.910. The number of imidazole rings is 1. The average molecular weight is 318 g/mol. The molecule has 23 heavy (non-hydrogen) atoms. The van der Waals surface area contributed by atoms with E-state index in [0.717, 1.165) is 38.2 Å². The van der Waals surface area contributed by atoms with Crippen LogP contribution in [-0.4, -0.2) is 58.9 Å². The van der Waals surface area contributed by atoms with Crippen molar-refractivity contribution in [1.29, 1.82) is 0 Å². The minimum Gasteiger partial charge on any atom is -0.375 e. The van der Waals surface area contributed by atoms with Crippen LogP contribution in [0.3, 0.4) is 0 Å². The van der Waals surface area contributed by atoms with Crippen LogP contribution in [0.5, 0.6) is 0 Å². The zero-order chi connectivity index (χ0) is 15.5. The number of likely N-dealkylation sites (tertiary alicyclic amines) is 1. The average Bonchev–Trinajstić information content (AvgIpc) is 3.09. The number of rotatable bonds is 3. The molecule has 1 N–H and O–H groups in total. The Kier molecular flexibility index (Phi) is 4.69. The van der Waals surface area contributed by atoms with E-state index in [4.69, 9.17) is 4.74 Å². The molecule has 4 rings (SSSR count). The van der Waals surface area contributed by atoms with E-state index in [2.05, 4.69) is 26.0 Å². The normalized spacial score (nSPS) is 29.8. The van der Waals surface area contributed by atoms with Gasteiger partial charge in [0.25, 0.3) is 0 Å². The van der Waals surface area contributed by atoms with Gasteiger partial charge < -0.3 is 19.5 Å². The van der Waals surface area contributed by atoms with Crippen molar-refractivity contribution in [3.63, 3.8) is 0 Å². The number of ether oxygens (including phenoxy) is 1. The van der Waals surface area contributed by atoms with Crippen LogP contribution in [-0.2, 0) is 11.3 Å². The molecule has 5 nitrogen and oxygen atoms in total. The topological polar surface area (TPSA) is 42.3 Å². The molecule has 128 valence electrons. The fraction of sp³-hybridized carbons (Fsp3) is 0.833. The van der Waals surface area contributed by atoms with Crippen molar-refractivity contribution in [3.05, 3.63) is 18.7 Å². The zero-order valence-corrected chi connectivity index (χ0v) is 14.1. The highest BCUT2D eigenvalue weighted by atomic mass is 16.5. The first-order valence-electron chi connectivity index (χ1n) is 9.37. The smallest absolute Gasteiger partial charge is 0.0945 e. The van der Waals surface area contributed by atoms with Crippen molar-refractivity contribution in [1.82, 2.24) is 19.8 Å². The second-order valence-electron chi connectivity index (χ2n) is 7.67. The summed E-state index contributed by atoms with van der Waals surface area (Å²) in [6, 6.07) is 0.746. The van der Waals surface area contributed by atoms with Crippen molar-refractivity contribution >= 4 is 0 Å². The quantitative estimate of drug-likeness (QED) is 0.924. The minimum absolute atomic E-state index is 0.182. The molecule has 0 bridgehead atoms. The maximum atomic E-state index is 6.24. The Labute approximate surface area is 139 Å². The van der Waals surface area contributed by atoms with Crippen LogP contribution in [0.4, 0.5) is 0 Å². The Morgan fingerprint density at radius 1 is 1.17 bits per heavy atom. The summed E-state index contributed by atoms with van der Waals surface area (Å²) in [5.74, 6) is 0.813. The van der Waals surface area contributed by atoms with Gasteiger partial charge in [0.15, 0.2) is 0 Å². The molecule has 3 fully saturated rings. The fourth-order valence-corrected chi connectivity index (χ4v) is 4.74. The summed E-state index contributed by atoms with van der Waals surface area (Å²) in [6.07, 6.45) is 13.4. The van der Waals surface area contributed by atoms with Crippen molar-refractivity contribution in [3.8, 4) is 0 Å². The molecule has 0 aromatic carbocycles. The van der Waals surface area contributed by atoms with Gasteiger partial charge >= 0.3 is 0 Å². The van der Waals surface area contributed by atoms with Gasteiger partial charge in [-0.05, 0) is 70.6 Å². The Balaban J connectivity index is 1.29. The van der Waals surface area contributed by atoms with Crippen LogP contribution in [0.1, 0.15) is 38.5 Å². The van der Waals surface area contributed by atoms with Gasteiger partial charge in [-0.1, -0.05) is 0 Å². The number of hydrogen-bond acceptors (Lipinski definition) is 4. The van der Waals surface area contributed by atoms with E-state index in [0.29, 0.717) is 0 Å². The van der Waals surface area contributed by atoms with E-state index in [1.165, 1.54) is 51.6 Å². The first-order chi connectivity index (χ1) is 11.3. The molecule has 1 spiro atoms. The maximum absolute atomic E-state index is 6.24. The van der Waals surface area contributed by atoms with Gasteiger partial charge in [0.1, 0.15) is 0 Å². The van der Waals surface area contributed by atoms with E-state index in [-0.39, 0.29) is 5.60 Å². The Morgan fingerprint density at radius 3 is 2.74 bits per heavy atom. The molecule has 3 saturated heterocycles. The maximum Gasteiger partial charge on any atom is 0.0945 e. The molecule has 1 atom stereocenters. The summed E-state index contributed by atoms with van der Waals surface area (Å²) in [5, 5.41) is 3.48. The summed E-state index contributed by atoms with van der Waals surface area (Å²) >= 11 is 0. The van der Waals surface area contributed by atoms with Crippen LogP contribution in [0.2, 0.25) is 0 Å². The Morgan fingerprint density at radius 2 is 2.00 bits per heavy atom. The molecule has 0 radical (unpaired) electrons. The van der Waals surface area contributed by atoms with Gasteiger partial charge in [-0.15, -0.1) is 0 Å². The van der Waals surface area contributed by atoms with E-state index < -0.39 is 0 Å². The van der Waals surface area contributed by atoms with Gasteiger partial charge in [0, 0.05) is 31.6 Å². The number of nitrogens with zero attached hydrogens (tertiary/aromatic N) is 3. The number of hydrogen-bond donors (Lipinski definition) is 1. The van der Waals surface area contributed by atoms with E-state index >= 15 is 0 Å². The third-order valence-corrected chi connectivity index (χ3v) is 6.18. The largest absolute Gasteiger partial charge is 0.375 e. The van der Waals surface area contributed by atoms with E-state index in [9.17, 15) is 0 Å². The summed E-state index contributed by atoms with van der Waals surface area (Å²) in [4.78, 5) is 6.92. The molecule has 3 aliphatic heterocycles. The molecule has 1 unspecified atom stereocenters. The lowest BCUT2D eigenvalue weighted by molar-refractivity contribution is -0.123. The highest BCUT2D eigenvalue weighted by Crippen LogP contribution is 2.36. The summed E-state index contributed by atoms with van der Waals surface area (Å²) in [7, 11) is 0. The SMILES string of the molecule is c1cn(CC2CCN(C3CCOC4(CCNCC4)C3)CC2)cn1. The Bertz CT molecular complexity index is 470. The highest BCUT2D eigenvalue weighted by molar-refractivity contribution is 4.95. The van der Waals surface area contributed by atoms with Gasteiger partial charge in [0.05, 0.1) is 11.9 Å². The fourth-order valence-electron chi connectivity index (χ4n) is 4.74. The number of nitrogens with one attached hydrogen (secondary N) is 1. The molecule has 1 aromatic rings. The van der Waals surface area contributed by atoms with Crippen molar-refractivity contribution in [2.45, 2.75) is 56.7 Å². The number of piperidine rings is 2. The second kappa shape index (κ2) is 6.91. The van der Waals surface area contributed by atoms with Crippen LogP contribution < -0.4 is 5.32 Å². The molecular formula is C18H30N4O. The summed E-state index contributed by atoms with van der Waals surface area (Å²) in [5.41, 5.74) is 0.182.